The van der Waals surface area contributed by atoms with Gasteiger partial charge in [-0.2, -0.15) is 52.7 Å². The molecule has 0 rings (SSSR count). The van der Waals surface area contributed by atoms with E-state index < -0.39 is 55.8 Å². The zero-order valence-corrected chi connectivity index (χ0v) is 64.7. The smallest absolute Gasteiger partial charge is 0.171 e. The molecule has 0 aliphatic heterocycles. The summed E-state index contributed by atoms with van der Waals surface area (Å²) in [5.74, 6) is -0.384. The summed E-state index contributed by atoms with van der Waals surface area (Å²) in [5.41, 5.74) is 1.09. The first-order valence-corrected chi connectivity index (χ1v) is 33.8. The molecule has 0 radical (unpaired) electrons. The summed E-state index contributed by atoms with van der Waals surface area (Å²) >= 11 is 0. The molecule has 0 aliphatic rings. The fraction of sp³-hybridized carbons (Fsp3) is 1.00. The predicted octanol–water partition coefficient (Wildman–Crippen LogP) is 33.5. The molecule has 0 aliphatic carbocycles. The Balaban J connectivity index is -0.0000000463. The van der Waals surface area contributed by atoms with Crippen LogP contribution in [0.3, 0.4) is 0 Å². The minimum Gasteiger partial charge on any atom is -0.171 e. The van der Waals surface area contributed by atoms with E-state index in [1.165, 1.54) is 97.8 Å². The minimum absolute atomic E-state index is 0. The van der Waals surface area contributed by atoms with Crippen molar-refractivity contribution in [1.29, 1.82) is 0 Å². The average molecular weight is 1290 g/mol. The van der Waals surface area contributed by atoms with Gasteiger partial charge >= 0.3 is 24.7 Å². The van der Waals surface area contributed by atoms with Gasteiger partial charge in [0.05, 0.1) is 11.8 Å². The maximum absolute atomic E-state index is 11.6. The van der Waals surface area contributed by atoms with E-state index in [0.29, 0.717) is 36.5 Å². The minimum atomic E-state index is -3.99. The summed E-state index contributed by atoms with van der Waals surface area (Å²) < 4.78 is 159. The first-order chi connectivity index (χ1) is 39.1. The molecule has 4 unspecified atom stereocenters. The van der Waals surface area contributed by atoms with Crippen LogP contribution in [0.1, 0.15) is 409 Å². The van der Waals surface area contributed by atoms with Crippen LogP contribution in [0.2, 0.25) is 0 Å². The van der Waals surface area contributed by atoms with Crippen LogP contribution in [0.25, 0.3) is 0 Å². The summed E-state index contributed by atoms with van der Waals surface area (Å²) in [6.45, 7) is 76.3. The van der Waals surface area contributed by atoms with Crippen LogP contribution in [-0.2, 0) is 0 Å². The highest BCUT2D eigenvalue weighted by Gasteiger charge is 2.35. The molecule has 12 heteroatoms. The Hall–Kier alpha value is -0.840. The molecule has 86 heavy (non-hydrogen) atoms. The Morgan fingerprint density at radius 3 is 0.628 bits per heavy atom. The van der Waals surface area contributed by atoms with Crippen molar-refractivity contribution in [2.45, 2.75) is 430 Å². The Morgan fingerprint density at radius 2 is 0.605 bits per heavy atom. The first kappa shape index (κ1) is 116. The van der Waals surface area contributed by atoms with Crippen LogP contribution in [0.5, 0.6) is 0 Å². The second-order valence-electron chi connectivity index (χ2n) is 26.0. The molecule has 0 aromatic heterocycles. The van der Waals surface area contributed by atoms with Crippen LogP contribution in [-0.4, -0.2) is 24.7 Å². The Kier molecular flexibility index (Phi) is 122. The largest absolute Gasteiger partial charge is 0.391 e. The van der Waals surface area contributed by atoms with Gasteiger partial charge in [0.15, 0.2) is 0 Å². The van der Waals surface area contributed by atoms with Crippen LogP contribution in [0.15, 0.2) is 0 Å². The number of unbranched alkanes of at least 4 members (excludes halogenated alkanes) is 3. The van der Waals surface area contributed by atoms with Gasteiger partial charge in [0.25, 0.3) is 0 Å². The number of halogens is 12. The molecule has 0 saturated heterocycles. The second-order valence-corrected chi connectivity index (χ2v) is 26.0. The number of rotatable bonds is 15. The Morgan fingerprint density at radius 1 is 0.360 bits per heavy atom. The predicted molar refractivity (Wildman–Crippen MR) is 376 cm³/mol. The molecular formula is C74H168F12. The molecule has 4 atom stereocenters. The highest BCUT2D eigenvalue weighted by atomic mass is 19.4. The van der Waals surface area contributed by atoms with E-state index in [-0.39, 0.29) is 38.0 Å². The Labute approximate surface area is 543 Å². The van der Waals surface area contributed by atoms with Gasteiger partial charge in [-0.05, 0) is 65.6 Å². The summed E-state index contributed by atoms with van der Waals surface area (Å²) in [6.07, 6.45) is 0.510. The topological polar surface area (TPSA) is 0 Å². The molecule has 0 saturated carbocycles. The lowest BCUT2D eigenvalue weighted by molar-refractivity contribution is -0.171. The van der Waals surface area contributed by atoms with E-state index in [9.17, 15) is 52.7 Å². The quantitative estimate of drug-likeness (QED) is 0.143. The molecule has 0 aromatic rings. The molecular weight excluding hydrogens is 1120 g/mol. The van der Waals surface area contributed by atoms with Crippen molar-refractivity contribution in [1.82, 2.24) is 0 Å². The third-order valence-electron chi connectivity index (χ3n) is 10.3. The van der Waals surface area contributed by atoms with E-state index in [1.807, 2.05) is 41.5 Å². The number of hydrogen-bond acceptors (Lipinski definition) is 0. The highest BCUT2D eigenvalue weighted by molar-refractivity contribution is 4.61. The Bertz CT molecular complexity index is 1090. The number of alkyl halides is 12. The van der Waals surface area contributed by atoms with E-state index in [1.54, 1.807) is 41.5 Å². The SMILES string of the molecule is C.CC.CC(C)C.CCC.CCC(C)(C)C.CCC(C)C.CCC(C)C(F)(F)F.CCC(C)CC(F)(F)F.CCC(C)CC(F)(F)F.CCCC.CCCC(C)(C)C.CCCC(C)C.CCCC(C)C(F)(F)F.CCCCC.[2H]C(C)(C)C.[2H]C([2H])(C)CC. The fourth-order valence-electron chi connectivity index (χ4n) is 3.59. The lowest BCUT2D eigenvalue weighted by Crippen LogP contribution is -2.19. The van der Waals surface area contributed by atoms with Crippen LogP contribution >= 0.6 is 0 Å². The zero-order chi connectivity index (χ0) is 75.2. The van der Waals surface area contributed by atoms with Crippen LogP contribution in [0, 0.1) is 58.1 Å². The summed E-state index contributed by atoms with van der Waals surface area (Å²) in [4.78, 5) is 0. The van der Waals surface area contributed by atoms with Crippen molar-refractivity contribution in [2.24, 2.45) is 58.1 Å². The average Bonchev–Trinajstić information content (AvgIpc) is 3.33. The van der Waals surface area contributed by atoms with Crippen molar-refractivity contribution in [2.75, 3.05) is 0 Å². The van der Waals surface area contributed by atoms with Gasteiger partial charge in [-0.15, -0.1) is 0 Å². The standard InChI is InChI=1S/C7H16.3C6H11F3.2C6H14.C5H9F3.2C5H12.4C4H10.C3H8.C2H6.CH4/c1-5-6-7(2,3)4;2*1-3-5(2)4-6(7,8)9;1-3-4-5(2)6(7,8)9;1-5-6(2,3)4;1-4-5-6(2)3;1-3-4(2)5(6,7)8;1-4-5(2)3;1-3-5-4-2;2*1-4(2)3;2*1-3-4-2;1-3-2;1-2;/h5-6H2,1-4H3;3*5H,3-4H2,1-2H3;5H2,1-4H3;6H,4-5H2,1-3H3;4H,3H2,1-2H3;5H,4H2,1-3H3;3-5H2,1-2H3;2*4H,1-3H3;2*3-4H2,1-2H3;3H2,1-2H3;1-2H3;1H4/i;;;;;;;;;4D;;3D2;;;;. The van der Waals surface area contributed by atoms with Crippen molar-refractivity contribution >= 4 is 0 Å². The number of hydrogen-bond donors (Lipinski definition) is 0. The summed E-state index contributed by atoms with van der Waals surface area (Å²) in [6, 6.07) is 0. The van der Waals surface area contributed by atoms with E-state index in [4.69, 9.17) is 4.11 Å². The van der Waals surface area contributed by atoms with E-state index >= 15 is 0 Å². The van der Waals surface area contributed by atoms with Gasteiger partial charge < -0.3 is 0 Å². The first-order valence-electron chi connectivity index (χ1n) is 35.3. The fourth-order valence-corrected chi connectivity index (χ4v) is 3.59. The van der Waals surface area contributed by atoms with Gasteiger partial charge in [-0.25, -0.2) is 0 Å². The molecule has 0 bridgehead atoms. The van der Waals surface area contributed by atoms with E-state index in [0.717, 1.165) is 17.8 Å². The van der Waals surface area contributed by atoms with Crippen molar-refractivity contribution < 1.29 is 56.8 Å². The van der Waals surface area contributed by atoms with Crippen LogP contribution < -0.4 is 0 Å². The van der Waals surface area contributed by atoms with E-state index in [2.05, 4.69) is 159 Å². The molecule has 0 nitrogen and oxygen atoms in total. The summed E-state index contributed by atoms with van der Waals surface area (Å²) in [5, 5.41) is 0. The molecule has 0 aromatic carbocycles. The van der Waals surface area contributed by atoms with Gasteiger partial charge in [0, 0.05) is 17.0 Å². The monoisotopic (exact) mass is 1290 g/mol. The molecule has 548 valence electrons. The highest BCUT2D eigenvalue weighted by Crippen LogP contribution is 2.30. The van der Waals surface area contributed by atoms with Gasteiger partial charge in [0.2, 0.25) is 0 Å². The lowest BCUT2D eigenvalue weighted by atomic mass is 9.91. The van der Waals surface area contributed by atoms with Crippen molar-refractivity contribution in [3.05, 3.63) is 0 Å². The molecule has 0 spiro atoms. The van der Waals surface area contributed by atoms with Gasteiger partial charge in [-0.3, -0.25) is 0 Å². The molecule has 0 fully saturated rings. The lowest BCUT2D eigenvalue weighted by Gasteiger charge is -2.15. The summed E-state index contributed by atoms with van der Waals surface area (Å²) in [7, 11) is 0. The second kappa shape index (κ2) is 90.6. The molecule has 0 amide bonds. The maximum Gasteiger partial charge on any atom is 0.391 e. The maximum atomic E-state index is 11.6. The van der Waals surface area contributed by atoms with Gasteiger partial charge in [0.1, 0.15) is 0 Å². The third kappa shape index (κ3) is 263. The molecule has 0 heterocycles. The van der Waals surface area contributed by atoms with Gasteiger partial charge in [-0.1, -0.05) is 373 Å². The van der Waals surface area contributed by atoms with Crippen LogP contribution in [0.4, 0.5) is 52.7 Å². The zero-order valence-electron chi connectivity index (χ0n) is 67.7. The van der Waals surface area contributed by atoms with Crippen molar-refractivity contribution in [3.8, 4) is 0 Å². The normalized spacial score (nSPS) is 12.6. The molecule has 0 N–H and O–H groups in total. The third-order valence-corrected chi connectivity index (χ3v) is 10.3. The van der Waals surface area contributed by atoms with Crippen molar-refractivity contribution in [3.63, 3.8) is 0 Å².